The molecule has 0 spiro atoms. The number of benzene rings is 1. The van der Waals surface area contributed by atoms with Gasteiger partial charge in [0.25, 0.3) is 5.91 Å². The lowest BCUT2D eigenvalue weighted by molar-refractivity contribution is 0.0916. The van der Waals surface area contributed by atoms with E-state index < -0.39 is 17.5 Å². The molecule has 98 valence electrons. The summed E-state index contributed by atoms with van der Waals surface area (Å²) in [5, 5.41) is 2.68. The molecular weight excluding hydrogens is 238 g/mol. The first kappa shape index (κ1) is 13.0. The van der Waals surface area contributed by atoms with Crippen molar-refractivity contribution >= 4 is 5.91 Å². The molecule has 0 heterocycles. The van der Waals surface area contributed by atoms with Crippen LogP contribution in [-0.2, 0) is 0 Å². The van der Waals surface area contributed by atoms with Gasteiger partial charge in [0.15, 0.2) is 11.6 Å². The van der Waals surface area contributed by atoms with Crippen LogP contribution in [0.2, 0.25) is 0 Å². The summed E-state index contributed by atoms with van der Waals surface area (Å²) in [6.45, 7) is 0. The molecular formula is C13H16F2N2O. The van der Waals surface area contributed by atoms with Crippen molar-refractivity contribution in [1.82, 2.24) is 5.32 Å². The van der Waals surface area contributed by atoms with E-state index in [-0.39, 0.29) is 17.6 Å². The lowest BCUT2D eigenvalue weighted by Crippen LogP contribution is -2.49. The Morgan fingerprint density at radius 3 is 2.72 bits per heavy atom. The van der Waals surface area contributed by atoms with Crippen molar-refractivity contribution in [3.05, 3.63) is 35.4 Å². The standard InChI is InChI=1S/C13H16F2N2O/c14-9-5-3-4-8(12(9)15)13(18)17-11-7-2-1-6-10(11)16/h3-5,10-11H,1-2,6-7,16H2,(H,17,18). The van der Waals surface area contributed by atoms with Crippen LogP contribution in [0.4, 0.5) is 8.78 Å². The first-order valence-electron chi connectivity index (χ1n) is 6.10. The van der Waals surface area contributed by atoms with E-state index >= 15 is 0 Å². The molecule has 1 aromatic carbocycles. The maximum Gasteiger partial charge on any atom is 0.254 e. The fraction of sp³-hybridized carbons (Fsp3) is 0.462. The second-order valence-electron chi connectivity index (χ2n) is 4.63. The molecule has 1 fully saturated rings. The van der Waals surface area contributed by atoms with Gasteiger partial charge in [0.05, 0.1) is 5.56 Å². The molecule has 5 heteroatoms. The van der Waals surface area contributed by atoms with E-state index in [1.54, 1.807) is 0 Å². The maximum atomic E-state index is 13.4. The number of nitrogens with one attached hydrogen (secondary N) is 1. The Morgan fingerprint density at radius 2 is 2.00 bits per heavy atom. The Hall–Kier alpha value is -1.49. The Labute approximate surface area is 104 Å². The van der Waals surface area contributed by atoms with Crippen LogP contribution in [0, 0.1) is 11.6 Å². The molecule has 1 saturated carbocycles. The number of rotatable bonds is 2. The van der Waals surface area contributed by atoms with Crippen LogP contribution in [0.1, 0.15) is 36.0 Å². The van der Waals surface area contributed by atoms with E-state index in [4.69, 9.17) is 5.73 Å². The largest absolute Gasteiger partial charge is 0.348 e. The van der Waals surface area contributed by atoms with Crippen molar-refractivity contribution in [3.63, 3.8) is 0 Å². The van der Waals surface area contributed by atoms with E-state index in [1.165, 1.54) is 12.1 Å². The molecule has 0 radical (unpaired) electrons. The van der Waals surface area contributed by atoms with Crippen molar-refractivity contribution < 1.29 is 13.6 Å². The number of carbonyl (C=O) groups excluding carboxylic acids is 1. The molecule has 2 atom stereocenters. The summed E-state index contributed by atoms with van der Waals surface area (Å²) in [5.74, 6) is -2.73. The summed E-state index contributed by atoms with van der Waals surface area (Å²) in [6.07, 6.45) is 3.66. The van der Waals surface area contributed by atoms with Gasteiger partial charge in [-0.1, -0.05) is 18.9 Å². The number of hydrogen-bond acceptors (Lipinski definition) is 2. The molecule has 0 bridgehead atoms. The molecule has 2 rings (SSSR count). The van der Waals surface area contributed by atoms with Crippen LogP contribution < -0.4 is 11.1 Å². The second-order valence-corrected chi connectivity index (χ2v) is 4.63. The highest BCUT2D eigenvalue weighted by Gasteiger charge is 2.25. The van der Waals surface area contributed by atoms with Crippen molar-refractivity contribution in [2.75, 3.05) is 0 Å². The van der Waals surface area contributed by atoms with E-state index in [1.807, 2.05) is 0 Å². The van der Waals surface area contributed by atoms with E-state index in [0.717, 1.165) is 31.7 Å². The predicted molar refractivity (Wildman–Crippen MR) is 64.1 cm³/mol. The summed E-state index contributed by atoms with van der Waals surface area (Å²) in [5.41, 5.74) is 5.62. The smallest absolute Gasteiger partial charge is 0.254 e. The third kappa shape index (κ3) is 2.67. The van der Waals surface area contributed by atoms with Gasteiger partial charge < -0.3 is 11.1 Å². The van der Waals surface area contributed by atoms with Crippen molar-refractivity contribution in [3.8, 4) is 0 Å². The van der Waals surface area contributed by atoms with Crippen LogP contribution in [0.5, 0.6) is 0 Å². The third-order valence-electron chi connectivity index (χ3n) is 3.33. The van der Waals surface area contributed by atoms with E-state index in [9.17, 15) is 13.6 Å². The zero-order valence-electron chi connectivity index (χ0n) is 9.96. The van der Waals surface area contributed by atoms with Gasteiger partial charge in [-0.25, -0.2) is 8.78 Å². The minimum absolute atomic E-state index is 0.112. The van der Waals surface area contributed by atoms with Crippen LogP contribution >= 0.6 is 0 Å². The highest BCUT2D eigenvalue weighted by Crippen LogP contribution is 2.18. The first-order valence-corrected chi connectivity index (χ1v) is 6.10. The van der Waals surface area contributed by atoms with Crippen molar-refractivity contribution in [1.29, 1.82) is 0 Å². The van der Waals surface area contributed by atoms with Crippen LogP contribution in [-0.4, -0.2) is 18.0 Å². The van der Waals surface area contributed by atoms with Gasteiger partial charge in [-0.15, -0.1) is 0 Å². The van der Waals surface area contributed by atoms with Crippen LogP contribution in [0.25, 0.3) is 0 Å². The Morgan fingerprint density at radius 1 is 1.28 bits per heavy atom. The Bertz CT molecular complexity index is 451. The molecule has 0 saturated heterocycles. The average Bonchev–Trinajstić information content (AvgIpc) is 2.35. The monoisotopic (exact) mass is 254 g/mol. The molecule has 1 aliphatic rings. The molecule has 18 heavy (non-hydrogen) atoms. The normalized spacial score (nSPS) is 23.7. The zero-order valence-corrected chi connectivity index (χ0v) is 9.96. The lowest BCUT2D eigenvalue weighted by atomic mass is 9.91. The first-order chi connectivity index (χ1) is 8.59. The number of carbonyl (C=O) groups is 1. The van der Waals surface area contributed by atoms with Gasteiger partial charge in [-0.3, -0.25) is 4.79 Å². The predicted octanol–water partition coefficient (Wildman–Crippen LogP) is 1.96. The van der Waals surface area contributed by atoms with E-state index in [2.05, 4.69) is 5.32 Å². The summed E-state index contributed by atoms with van der Waals surface area (Å²) in [6, 6.07) is 3.29. The fourth-order valence-electron chi connectivity index (χ4n) is 2.26. The minimum Gasteiger partial charge on any atom is -0.348 e. The quantitative estimate of drug-likeness (QED) is 0.847. The molecule has 2 unspecified atom stereocenters. The van der Waals surface area contributed by atoms with Gasteiger partial charge in [0, 0.05) is 12.1 Å². The van der Waals surface area contributed by atoms with Gasteiger partial charge in [-0.05, 0) is 25.0 Å². The van der Waals surface area contributed by atoms with Gasteiger partial charge in [-0.2, -0.15) is 0 Å². The topological polar surface area (TPSA) is 55.1 Å². The zero-order chi connectivity index (χ0) is 13.1. The molecule has 0 aromatic heterocycles. The number of halogens is 2. The Kier molecular flexibility index (Phi) is 3.91. The summed E-state index contributed by atoms with van der Waals surface area (Å²) in [7, 11) is 0. The molecule has 1 aliphatic carbocycles. The van der Waals surface area contributed by atoms with Crippen LogP contribution in [0.3, 0.4) is 0 Å². The average molecular weight is 254 g/mol. The fourth-order valence-corrected chi connectivity index (χ4v) is 2.26. The molecule has 1 aromatic rings. The number of nitrogens with two attached hydrogens (primary N) is 1. The molecule has 0 aliphatic heterocycles. The maximum absolute atomic E-state index is 13.4. The summed E-state index contributed by atoms with van der Waals surface area (Å²) in [4.78, 5) is 11.9. The molecule has 1 amide bonds. The number of hydrogen-bond donors (Lipinski definition) is 2. The van der Waals surface area contributed by atoms with Gasteiger partial charge >= 0.3 is 0 Å². The summed E-state index contributed by atoms with van der Waals surface area (Å²) < 4.78 is 26.5. The van der Waals surface area contributed by atoms with Gasteiger partial charge in [0.1, 0.15) is 0 Å². The van der Waals surface area contributed by atoms with E-state index in [0.29, 0.717) is 0 Å². The third-order valence-corrected chi connectivity index (χ3v) is 3.33. The lowest BCUT2D eigenvalue weighted by Gasteiger charge is -2.29. The molecule has 3 nitrogen and oxygen atoms in total. The highest BCUT2D eigenvalue weighted by molar-refractivity contribution is 5.94. The second kappa shape index (κ2) is 5.44. The number of amides is 1. The van der Waals surface area contributed by atoms with Crippen molar-refractivity contribution in [2.24, 2.45) is 5.73 Å². The van der Waals surface area contributed by atoms with Gasteiger partial charge in [0.2, 0.25) is 0 Å². The Balaban J connectivity index is 2.09. The molecule has 3 N–H and O–H groups in total. The highest BCUT2D eigenvalue weighted by atomic mass is 19.2. The van der Waals surface area contributed by atoms with Crippen LogP contribution in [0.15, 0.2) is 18.2 Å². The minimum atomic E-state index is -1.11. The summed E-state index contributed by atoms with van der Waals surface area (Å²) >= 11 is 0. The van der Waals surface area contributed by atoms with Crippen molar-refractivity contribution in [2.45, 2.75) is 37.8 Å². The SMILES string of the molecule is NC1CCCCC1NC(=O)c1cccc(F)c1F.